The van der Waals surface area contributed by atoms with Crippen molar-refractivity contribution in [1.29, 1.82) is 0 Å². The fraction of sp³-hybridized carbons (Fsp3) is 0.455. The van der Waals surface area contributed by atoms with Crippen LogP contribution in [0.3, 0.4) is 0 Å². The average Bonchev–Trinajstić information content (AvgIpc) is 2.75. The Morgan fingerprint density at radius 1 is 0.607 bits per heavy atom. The number of likely N-dealkylation sites (tertiary alicyclic amines) is 2. The number of hydrogen-bond acceptors (Lipinski definition) is 2. The fourth-order valence-corrected chi connectivity index (χ4v) is 4.11. The van der Waals surface area contributed by atoms with Crippen molar-refractivity contribution in [3.05, 3.63) is 36.4 Å². The summed E-state index contributed by atoms with van der Waals surface area (Å²) in [6, 6.07) is 11.6. The maximum atomic E-state index is 12.6. The molecule has 0 spiro atoms. The molecule has 0 bridgehead atoms. The molecule has 6 nitrogen and oxygen atoms in total. The molecule has 4 amide bonds. The minimum atomic E-state index is -0.0463. The first-order chi connectivity index (χ1) is 13.7. The van der Waals surface area contributed by atoms with Gasteiger partial charge in [-0.15, -0.1) is 0 Å². The van der Waals surface area contributed by atoms with E-state index in [-0.39, 0.29) is 12.1 Å². The maximum Gasteiger partial charge on any atom is 0.321 e. The van der Waals surface area contributed by atoms with Gasteiger partial charge < -0.3 is 20.4 Å². The molecule has 2 aliphatic heterocycles. The van der Waals surface area contributed by atoms with Gasteiger partial charge in [-0.25, -0.2) is 9.59 Å². The van der Waals surface area contributed by atoms with E-state index in [0.717, 1.165) is 74.0 Å². The number of hydrogen-bond donors (Lipinski definition) is 2. The third-order valence-corrected chi connectivity index (χ3v) is 5.69. The summed E-state index contributed by atoms with van der Waals surface area (Å²) in [5.41, 5.74) is 1.56. The minimum absolute atomic E-state index is 0.0463. The molecule has 0 radical (unpaired) electrons. The van der Waals surface area contributed by atoms with E-state index in [1.165, 1.54) is 12.8 Å². The number of rotatable bonds is 2. The van der Waals surface area contributed by atoms with Gasteiger partial charge in [0.15, 0.2) is 0 Å². The topological polar surface area (TPSA) is 64.7 Å². The summed E-state index contributed by atoms with van der Waals surface area (Å²) >= 11 is 0. The van der Waals surface area contributed by atoms with E-state index in [9.17, 15) is 9.59 Å². The van der Waals surface area contributed by atoms with Crippen molar-refractivity contribution in [2.45, 2.75) is 38.5 Å². The van der Waals surface area contributed by atoms with Crippen molar-refractivity contribution in [1.82, 2.24) is 9.80 Å². The first-order valence-corrected chi connectivity index (χ1v) is 10.4. The summed E-state index contributed by atoms with van der Waals surface area (Å²) in [6.45, 7) is 3.25. The Morgan fingerprint density at radius 3 is 1.39 bits per heavy atom. The number of anilines is 2. The molecular weight excluding hydrogens is 352 g/mol. The number of piperidine rings is 2. The normalized spacial score (nSPS) is 17.4. The average molecular weight is 380 g/mol. The maximum absolute atomic E-state index is 12.6. The molecule has 0 atom stereocenters. The van der Waals surface area contributed by atoms with Gasteiger partial charge in [0, 0.05) is 37.0 Å². The number of urea groups is 2. The summed E-state index contributed by atoms with van der Waals surface area (Å²) in [5.74, 6) is 0. The molecule has 0 unspecified atom stereocenters. The van der Waals surface area contributed by atoms with Crippen LogP contribution in [-0.2, 0) is 0 Å². The largest absolute Gasteiger partial charge is 0.325 e. The Hall–Kier alpha value is -2.76. The highest BCUT2D eigenvalue weighted by Gasteiger charge is 2.19. The van der Waals surface area contributed by atoms with Crippen molar-refractivity contribution >= 4 is 34.2 Å². The third kappa shape index (κ3) is 4.06. The SMILES string of the molecule is O=C(Nc1cccc2c(NC(=O)N3CCCCC3)cccc12)N1CCCCC1. The number of nitrogens with one attached hydrogen (secondary N) is 2. The van der Waals surface area contributed by atoms with Crippen LogP contribution < -0.4 is 10.6 Å². The lowest BCUT2D eigenvalue weighted by Crippen LogP contribution is -2.39. The van der Waals surface area contributed by atoms with E-state index in [2.05, 4.69) is 10.6 Å². The summed E-state index contributed by atoms with van der Waals surface area (Å²) in [7, 11) is 0. The lowest BCUT2D eigenvalue weighted by Gasteiger charge is -2.27. The zero-order chi connectivity index (χ0) is 19.3. The van der Waals surface area contributed by atoms with Gasteiger partial charge in [-0.2, -0.15) is 0 Å². The van der Waals surface area contributed by atoms with Gasteiger partial charge in [-0.05, 0) is 50.7 Å². The van der Waals surface area contributed by atoms with Gasteiger partial charge in [-0.3, -0.25) is 0 Å². The lowest BCUT2D eigenvalue weighted by molar-refractivity contribution is 0.199. The van der Waals surface area contributed by atoms with Gasteiger partial charge in [0.05, 0.1) is 11.4 Å². The summed E-state index contributed by atoms with van der Waals surface area (Å²) in [5, 5.41) is 7.99. The zero-order valence-corrected chi connectivity index (χ0v) is 16.2. The number of benzene rings is 2. The number of carbonyl (C=O) groups is 2. The summed E-state index contributed by atoms with van der Waals surface area (Å²) < 4.78 is 0. The molecular formula is C22H28N4O2. The van der Waals surface area contributed by atoms with Crippen LogP contribution in [0.1, 0.15) is 38.5 Å². The molecule has 0 aliphatic carbocycles. The van der Waals surface area contributed by atoms with Crippen LogP contribution in [0, 0.1) is 0 Å². The number of nitrogens with zero attached hydrogens (tertiary/aromatic N) is 2. The van der Waals surface area contributed by atoms with Gasteiger partial charge in [0.2, 0.25) is 0 Å². The molecule has 148 valence electrons. The van der Waals surface area contributed by atoms with E-state index >= 15 is 0 Å². The van der Waals surface area contributed by atoms with Crippen molar-refractivity contribution in [3.63, 3.8) is 0 Å². The predicted molar refractivity (Wildman–Crippen MR) is 113 cm³/mol. The van der Waals surface area contributed by atoms with E-state index in [4.69, 9.17) is 0 Å². The van der Waals surface area contributed by atoms with Crippen molar-refractivity contribution in [2.75, 3.05) is 36.8 Å². The van der Waals surface area contributed by atoms with Crippen LogP contribution in [0.2, 0.25) is 0 Å². The van der Waals surface area contributed by atoms with Crippen LogP contribution >= 0.6 is 0 Å². The van der Waals surface area contributed by atoms with Crippen molar-refractivity contribution < 1.29 is 9.59 Å². The molecule has 0 saturated carbocycles. The molecule has 2 saturated heterocycles. The van der Waals surface area contributed by atoms with Gasteiger partial charge in [-0.1, -0.05) is 24.3 Å². The number of amides is 4. The molecule has 2 fully saturated rings. The molecule has 4 rings (SSSR count). The smallest absolute Gasteiger partial charge is 0.321 e. The number of carbonyl (C=O) groups excluding carboxylic acids is 2. The van der Waals surface area contributed by atoms with Crippen LogP contribution in [0.4, 0.5) is 21.0 Å². The van der Waals surface area contributed by atoms with E-state index < -0.39 is 0 Å². The molecule has 2 heterocycles. The first-order valence-electron chi connectivity index (χ1n) is 10.4. The van der Waals surface area contributed by atoms with E-state index in [0.29, 0.717) is 0 Å². The van der Waals surface area contributed by atoms with Crippen LogP contribution in [-0.4, -0.2) is 48.0 Å². The van der Waals surface area contributed by atoms with Crippen LogP contribution in [0.5, 0.6) is 0 Å². The Morgan fingerprint density at radius 2 is 1.00 bits per heavy atom. The first kappa shape index (κ1) is 18.6. The second-order valence-corrected chi connectivity index (χ2v) is 7.66. The Bertz CT molecular complexity index is 783. The molecule has 28 heavy (non-hydrogen) atoms. The van der Waals surface area contributed by atoms with Crippen molar-refractivity contribution in [2.24, 2.45) is 0 Å². The highest BCUT2D eigenvalue weighted by Crippen LogP contribution is 2.30. The second kappa shape index (κ2) is 8.50. The Labute approximate surface area is 165 Å². The Balaban J connectivity index is 1.54. The van der Waals surface area contributed by atoms with Crippen LogP contribution in [0.15, 0.2) is 36.4 Å². The second-order valence-electron chi connectivity index (χ2n) is 7.66. The zero-order valence-electron chi connectivity index (χ0n) is 16.2. The number of fused-ring (bicyclic) bond motifs is 1. The molecule has 2 aromatic carbocycles. The van der Waals surface area contributed by atoms with Gasteiger partial charge >= 0.3 is 12.1 Å². The lowest BCUT2D eigenvalue weighted by atomic mass is 10.1. The quantitative estimate of drug-likeness (QED) is 0.780. The monoisotopic (exact) mass is 380 g/mol. The molecule has 2 aliphatic rings. The summed E-state index contributed by atoms with van der Waals surface area (Å²) in [6.07, 6.45) is 6.65. The molecule has 2 aromatic rings. The highest BCUT2D eigenvalue weighted by molar-refractivity contribution is 6.08. The van der Waals surface area contributed by atoms with E-state index in [1.807, 2.05) is 46.2 Å². The Kier molecular flexibility index (Phi) is 5.65. The van der Waals surface area contributed by atoms with Crippen LogP contribution in [0.25, 0.3) is 10.8 Å². The standard InChI is InChI=1S/C22H28N4O2/c27-21(25-13-3-1-4-14-25)23-19-11-7-10-18-17(19)9-8-12-20(18)24-22(28)26-15-5-2-6-16-26/h7-12H,1-6,13-16H2,(H,23,27)(H,24,28). The third-order valence-electron chi connectivity index (χ3n) is 5.69. The molecule has 2 N–H and O–H groups in total. The highest BCUT2D eigenvalue weighted by atomic mass is 16.2. The van der Waals surface area contributed by atoms with E-state index in [1.54, 1.807) is 0 Å². The fourth-order valence-electron chi connectivity index (χ4n) is 4.11. The molecule has 6 heteroatoms. The van der Waals surface area contributed by atoms with Gasteiger partial charge in [0.1, 0.15) is 0 Å². The minimum Gasteiger partial charge on any atom is -0.325 e. The molecule has 0 aromatic heterocycles. The van der Waals surface area contributed by atoms with Gasteiger partial charge in [0.25, 0.3) is 0 Å². The summed E-state index contributed by atoms with van der Waals surface area (Å²) in [4.78, 5) is 29.0. The van der Waals surface area contributed by atoms with Crippen molar-refractivity contribution in [3.8, 4) is 0 Å². The predicted octanol–water partition coefficient (Wildman–Crippen LogP) is 4.88.